The Balaban J connectivity index is 1.56. The average Bonchev–Trinajstić information content (AvgIpc) is 3.68. The summed E-state index contributed by atoms with van der Waals surface area (Å²) in [7, 11) is 1.70. The largest absolute Gasteiger partial charge is 0.432 e. The van der Waals surface area contributed by atoms with Crippen molar-refractivity contribution >= 4 is 17.7 Å². The standard InChI is InChI=1S/C33H42FN5O4/c1-22(35-5)29(40)37-28(33(2,3)4)31(41)39-18-9-12-26(39)21-38(19-17-23-13-15-25(34)16-14-23)32(42)30-36-20-27(43-30)24-10-7-6-8-11-24/h6-8,10-11,13-16,20,22,26,28,35H,9,12,17-19,21H2,1-5H3,(H,37,40). The van der Waals surface area contributed by atoms with Crippen LogP contribution in [-0.2, 0) is 16.0 Å². The van der Waals surface area contributed by atoms with Gasteiger partial charge in [0.2, 0.25) is 11.8 Å². The Kier molecular flexibility index (Phi) is 10.3. The highest BCUT2D eigenvalue weighted by atomic mass is 19.1. The topological polar surface area (TPSA) is 108 Å². The van der Waals surface area contributed by atoms with Crippen LogP contribution in [0.1, 0.15) is 56.8 Å². The molecular formula is C33H42FN5O4. The maximum Gasteiger partial charge on any atom is 0.309 e. The summed E-state index contributed by atoms with van der Waals surface area (Å²) in [5, 5.41) is 5.87. The zero-order valence-electron chi connectivity index (χ0n) is 25.6. The number of carbonyl (C=O) groups excluding carboxylic acids is 3. The van der Waals surface area contributed by atoms with Crippen LogP contribution in [0.25, 0.3) is 11.3 Å². The molecule has 1 aromatic heterocycles. The van der Waals surface area contributed by atoms with Gasteiger partial charge in [0.25, 0.3) is 5.89 Å². The van der Waals surface area contributed by atoms with Crippen LogP contribution in [0.3, 0.4) is 0 Å². The van der Waals surface area contributed by atoms with Gasteiger partial charge in [0.05, 0.1) is 12.2 Å². The van der Waals surface area contributed by atoms with Crippen molar-refractivity contribution in [2.24, 2.45) is 5.41 Å². The van der Waals surface area contributed by atoms with E-state index in [1.54, 1.807) is 35.9 Å². The third-order valence-corrected chi connectivity index (χ3v) is 7.94. The maximum absolute atomic E-state index is 14.0. The molecule has 0 saturated carbocycles. The molecule has 3 aromatic rings. The van der Waals surface area contributed by atoms with Gasteiger partial charge in [0.1, 0.15) is 11.9 Å². The lowest BCUT2D eigenvalue weighted by Gasteiger charge is -2.37. The second kappa shape index (κ2) is 13.9. The zero-order valence-corrected chi connectivity index (χ0v) is 25.6. The van der Waals surface area contributed by atoms with Crippen LogP contribution in [0.15, 0.2) is 65.2 Å². The van der Waals surface area contributed by atoms with Gasteiger partial charge in [-0.2, -0.15) is 0 Å². The van der Waals surface area contributed by atoms with Gasteiger partial charge in [0.15, 0.2) is 5.76 Å². The van der Waals surface area contributed by atoms with E-state index in [0.717, 1.165) is 17.5 Å². The molecule has 3 atom stereocenters. The monoisotopic (exact) mass is 591 g/mol. The summed E-state index contributed by atoms with van der Waals surface area (Å²) in [5.74, 6) is -0.670. The van der Waals surface area contributed by atoms with Crippen LogP contribution in [-0.4, -0.2) is 77.3 Å². The van der Waals surface area contributed by atoms with E-state index in [1.165, 1.54) is 18.3 Å². The van der Waals surface area contributed by atoms with Crippen LogP contribution in [0.4, 0.5) is 4.39 Å². The van der Waals surface area contributed by atoms with Crippen LogP contribution in [0.2, 0.25) is 0 Å². The summed E-state index contributed by atoms with van der Waals surface area (Å²) >= 11 is 0. The number of rotatable bonds is 11. The van der Waals surface area contributed by atoms with Gasteiger partial charge < -0.3 is 24.9 Å². The van der Waals surface area contributed by atoms with Gasteiger partial charge in [0, 0.05) is 31.2 Å². The summed E-state index contributed by atoms with van der Waals surface area (Å²) in [6.07, 6.45) is 3.52. The molecular weight excluding hydrogens is 549 g/mol. The van der Waals surface area contributed by atoms with Crippen molar-refractivity contribution in [1.29, 1.82) is 0 Å². The number of likely N-dealkylation sites (N-methyl/N-ethyl adjacent to an activating group) is 1. The molecule has 1 aliphatic heterocycles. The fourth-order valence-corrected chi connectivity index (χ4v) is 5.22. The van der Waals surface area contributed by atoms with Gasteiger partial charge in [-0.15, -0.1) is 0 Å². The highest BCUT2D eigenvalue weighted by Gasteiger charge is 2.41. The van der Waals surface area contributed by atoms with Gasteiger partial charge >= 0.3 is 5.91 Å². The molecule has 1 saturated heterocycles. The van der Waals surface area contributed by atoms with Gasteiger partial charge in [-0.05, 0) is 56.3 Å². The zero-order chi connectivity index (χ0) is 31.1. The molecule has 3 unspecified atom stereocenters. The Morgan fingerprint density at radius 1 is 1.12 bits per heavy atom. The predicted octanol–water partition coefficient (Wildman–Crippen LogP) is 4.30. The highest BCUT2D eigenvalue weighted by Crippen LogP contribution is 2.27. The van der Waals surface area contributed by atoms with Crippen molar-refractivity contribution in [2.45, 2.75) is 65.1 Å². The number of halogens is 1. The minimum absolute atomic E-state index is 0.0327. The highest BCUT2D eigenvalue weighted by molar-refractivity contribution is 5.91. The summed E-state index contributed by atoms with van der Waals surface area (Å²) < 4.78 is 19.4. The van der Waals surface area contributed by atoms with E-state index in [-0.39, 0.29) is 42.0 Å². The lowest BCUT2D eigenvalue weighted by Crippen LogP contribution is -2.59. The van der Waals surface area contributed by atoms with E-state index in [0.29, 0.717) is 31.7 Å². The summed E-state index contributed by atoms with van der Waals surface area (Å²) in [4.78, 5) is 48.3. The fourth-order valence-electron chi connectivity index (χ4n) is 5.22. The molecule has 3 amide bonds. The van der Waals surface area contributed by atoms with E-state index in [9.17, 15) is 18.8 Å². The van der Waals surface area contributed by atoms with E-state index < -0.39 is 17.5 Å². The Labute approximate surface area is 252 Å². The maximum atomic E-state index is 14.0. The van der Waals surface area contributed by atoms with E-state index in [2.05, 4.69) is 15.6 Å². The third kappa shape index (κ3) is 8.07. The molecule has 0 radical (unpaired) electrons. The first-order valence-electron chi connectivity index (χ1n) is 14.8. The molecule has 1 aliphatic rings. The van der Waals surface area contributed by atoms with Gasteiger partial charge in [-0.1, -0.05) is 63.2 Å². The SMILES string of the molecule is CNC(C)C(=O)NC(C(=O)N1CCCC1CN(CCc1ccc(F)cc1)C(=O)c1ncc(-c2ccccc2)o1)C(C)(C)C. The first-order valence-corrected chi connectivity index (χ1v) is 14.8. The number of hydrogen-bond acceptors (Lipinski definition) is 6. The van der Waals surface area contributed by atoms with Crippen molar-refractivity contribution < 1.29 is 23.2 Å². The minimum Gasteiger partial charge on any atom is -0.432 e. The molecule has 4 rings (SSSR count). The average molecular weight is 592 g/mol. The molecule has 10 heteroatoms. The minimum atomic E-state index is -0.736. The first kappa shape index (κ1) is 31.9. The molecule has 2 aromatic carbocycles. The van der Waals surface area contributed by atoms with E-state index >= 15 is 0 Å². The molecule has 9 nitrogen and oxygen atoms in total. The Morgan fingerprint density at radius 2 is 1.81 bits per heavy atom. The number of benzene rings is 2. The second-order valence-corrected chi connectivity index (χ2v) is 12.2. The predicted molar refractivity (Wildman–Crippen MR) is 163 cm³/mol. The lowest BCUT2D eigenvalue weighted by atomic mass is 9.85. The van der Waals surface area contributed by atoms with Crippen molar-refractivity contribution in [3.05, 3.63) is 78.1 Å². The van der Waals surface area contributed by atoms with E-state index in [4.69, 9.17) is 4.42 Å². The lowest BCUT2D eigenvalue weighted by molar-refractivity contribution is -0.140. The van der Waals surface area contributed by atoms with E-state index in [1.807, 2.05) is 51.1 Å². The van der Waals surface area contributed by atoms with Crippen LogP contribution in [0.5, 0.6) is 0 Å². The summed E-state index contributed by atoms with van der Waals surface area (Å²) in [5.41, 5.74) is 1.16. The number of nitrogens with zero attached hydrogens (tertiary/aromatic N) is 3. The third-order valence-electron chi connectivity index (χ3n) is 7.94. The van der Waals surface area contributed by atoms with Crippen molar-refractivity contribution in [3.63, 3.8) is 0 Å². The molecule has 230 valence electrons. The number of likely N-dealkylation sites (tertiary alicyclic amines) is 1. The fraction of sp³-hybridized carbons (Fsp3) is 0.455. The molecule has 1 fully saturated rings. The van der Waals surface area contributed by atoms with Gasteiger partial charge in [-0.25, -0.2) is 9.37 Å². The Bertz CT molecular complexity index is 1390. The molecule has 0 spiro atoms. The molecule has 0 bridgehead atoms. The molecule has 2 heterocycles. The smallest absolute Gasteiger partial charge is 0.309 e. The quantitative estimate of drug-likeness (QED) is 0.345. The second-order valence-electron chi connectivity index (χ2n) is 12.2. The number of oxazole rings is 1. The molecule has 0 aliphatic carbocycles. The van der Waals surface area contributed by atoms with Crippen LogP contribution in [0, 0.1) is 11.2 Å². The molecule has 2 N–H and O–H groups in total. The first-order chi connectivity index (χ1) is 20.5. The summed E-state index contributed by atoms with van der Waals surface area (Å²) in [6, 6.07) is 14.2. The van der Waals surface area contributed by atoms with Crippen LogP contribution >= 0.6 is 0 Å². The van der Waals surface area contributed by atoms with Crippen molar-refractivity contribution in [1.82, 2.24) is 25.4 Å². The number of amides is 3. The number of nitrogens with one attached hydrogen (secondary N) is 2. The molecule has 43 heavy (non-hydrogen) atoms. The van der Waals surface area contributed by atoms with Crippen LogP contribution < -0.4 is 10.6 Å². The van der Waals surface area contributed by atoms with Gasteiger partial charge in [-0.3, -0.25) is 14.4 Å². The number of hydrogen-bond donors (Lipinski definition) is 2. The Morgan fingerprint density at radius 3 is 2.47 bits per heavy atom. The number of carbonyl (C=O) groups is 3. The number of aromatic nitrogens is 1. The van der Waals surface area contributed by atoms with Crippen molar-refractivity contribution in [3.8, 4) is 11.3 Å². The van der Waals surface area contributed by atoms with Crippen molar-refractivity contribution in [2.75, 3.05) is 26.7 Å². The summed E-state index contributed by atoms with van der Waals surface area (Å²) in [6.45, 7) is 8.65. The normalized spacial score (nSPS) is 16.5. The Hall–Kier alpha value is -4.05.